The molecule has 2 atom stereocenters. The van der Waals surface area contributed by atoms with E-state index in [-0.39, 0.29) is 12.0 Å². The Hall–Kier alpha value is -1.07. The first kappa shape index (κ1) is 15.3. The minimum Gasteiger partial charge on any atom is -0.379 e. The molecule has 5 heteroatoms. The van der Waals surface area contributed by atoms with E-state index in [4.69, 9.17) is 4.74 Å². The molecule has 2 rings (SSSR count). The summed E-state index contributed by atoms with van der Waals surface area (Å²) >= 11 is 1.65. The summed E-state index contributed by atoms with van der Waals surface area (Å²) in [6.07, 6.45) is 4.81. The standard InChI is InChI=1S/C15H22N2O2S/c1-12-5-7-17(9-14(12)19-2)15(18)11-20-10-13-4-3-6-16-8-13/h3-4,6,8,12,14H,5,7,9-11H2,1-2H3. The van der Waals surface area contributed by atoms with Crippen molar-refractivity contribution in [3.05, 3.63) is 30.1 Å². The largest absolute Gasteiger partial charge is 0.379 e. The Morgan fingerprint density at radius 3 is 3.15 bits per heavy atom. The van der Waals surface area contributed by atoms with Gasteiger partial charge in [-0.15, -0.1) is 11.8 Å². The SMILES string of the molecule is COC1CN(C(=O)CSCc2cccnc2)CCC1C. The second-order valence-electron chi connectivity index (χ2n) is 5.23. The van der Waals surface area contributed by atoms with E-state index < -0.39 is 0 Å². The van der Waals surface area contributed by atoms with Gasteiger partial charge in [0.1, 0.15) is 0 Å². The maximum Gasteiger partial charge on any atom is 0.232 e. The van der Waals surface area contributed by atoms with E-state index in [1.54, 1.807) is 25.1 Å². The van der Waals surface area contributed by atoms with E-state index in [0.29, 0.717) is 11.7 Å². The fraction of sp³-hybridized carbons (Fsp3) is 0.600. The predicted octanol–water partition coefficient (Wildman–Crippen LogP) is 2.20. The zero-order valence-corrected chi connectivity index (χ0v) is 12.9. The lowest BCUT2D eigenvalue weighted by Crippen LogP contribution is -2.47. The van der Waals surface area contributed by atoms with Crippen LogP contribution in [-0.4, -0.2) is 47.8 Å². The summed E-state index contributed by atoms with van der Waals surface area (Å²) in [6, 6.07) is 3.96. The molecule has 1 aliphatic rings. The van der Waals surface area contributed by atoms with Gasteiger partial charge < -0.3 is 9.64 Å². The first-order valence-corrected chi connectivity index (χ1v) is 8.13. The second kappa shape index (κ2) is 7.64. The smallest absolute Gasteiger partial charge is 0.232 e. The number of carbonyl (C=O) groups is 1. The van der Waals surface area contributed by atoms with Gasteiger partial charge in [-0.3, -0.25) is 9.78 Å². The third-order valence-electron chi connectivity index (χ3n) is 3.76. The highest BCUT2D eigenvalue weighted by molar-refractivity contribution is 7.99. The fourth-order valence-corrected chi connectivity index (χ4v) is 3.26. The summed E-state index contributed by atoms with van der Waals surface area (Å²) in [7, 11) is 1.73. The summed E-state index contributed by atoms with van der Waals surface area (Å²) in [5.41, 5.74) is 1.16. The molecule has 2 unspecified atom stereocenters. The Kier molecular flexibility index (Phi) is 5.86. The minimum atomic E-state index is 0.177. The van der Waals surface area contributed by atoms with Crippen LogP contribution in [0, 0.1) is 5.92 Å². The number of nitrogens with zero attached hydrogens (tertiary/aromatic N) is 2. The number of amides is 1. The maximum absolute atomic E-state index is 12.2. The highest BCUT2D eigenvalue weighted by atomic mass is 32.2. The number of methoxy groups -OCH3 is 1. The van der Waals surface area contributed by atoms with Gasteiger partial charge in [0, 0.05) is 38.3 Å². The molecule has 110 valence electrons. The molecule has 1 aromatic rings. The normalized spacial score (nSPS) is 22.8. The number of hydrogen-bond donors (Lipinski definition) is 0. The molecule has 20 heavy (non-hydrogen) atoms. The highest BCUT2D eigenvalue weighted by Crippen LogP contribution is 2.20. The van der Waals surface area contributed by atoms with Gasteiger partial charge >= 0.3 is 0 Å². The first-order valence-electron chi connectivity index (χ1n) is 6.98. The molecule has 0 aliphatic carbocycles. The van der Waals surface area contributed by atoms with Crippen molar-refractivity contribution in [1.82, 2.24) is 9.88 Å². The molecule has 1 amide bonds. The topological polar surface area (TPSA) is 42.4 Å². The fourth-order valence-electron chi connectivity index (χ4n) is 2.40. The van der Waals surface area contributed by atoms with Crippen LogP contribution in [0.25, 0.3) is 0 Å². The number of hydrogen-bond acceptors (Lipinski definition) is 4. The Labute approximate surface area is 124 Å². The van der Waals surface area contributed by atoms with Crippen molar-refractivity contribution >= 4 is 17.7 Å². The van der Waals surface area contributed by atoms with Gasteiger partial charge in [0.05, 0.1) is 11.9 Å². The van der Waals surface area contributed by atoms with Gasteiger partial charge in [-0.2, -0.15) is 0 Å². The van der Waals surface area contributed by atoms with Crippen LogP contribution in [0.2, 0.25) is 0 Å². The molecule has 1 fully saturated rings. The lowest BCUT2D eigenvalue weighted by atomic mass is 9.96. The summed E-state index contributed by atoms with van der Waals surface area (Å²) in [5, 5.41) is 0. The second-order valence-corrected chi connectivity index (χ2v) is 6.22. The Bertz CT molecular complexity index is 427. The van der Waals surface area contributed by atoms with Crippen molar-refractivity contribution in [3.63, 3.8) is 0 Å². The molecule has 0 saturated carbocycles. The van der Waals surface area contributed by atoms with Crippen LogP contribution in [0.4, 0.5) is 0 Å². The van der Waals surface area contributed by atoms with Crippen molar-refractivity contribution in [2.24, 2.45) is 5.92 Å². The molecule has 4 nitrogen and oxygen atoms in total. The average molecular weight is 294 g/mol. The maximum atomic E-state index is 12.2. The van der Waals surface area contributed by atoms with Gasteiger partial charge in [-0.25, -0.2) is 0 Å². The molecule has 0 spiro atoms. The number of likely N-dealkylation sites (tertiary alicyclic amines) is 1. The minimum absolute atomic E-state index is 0.177. The number of thioether (sulfide) groups is 1. The quantitative estimate of drug-likeness (QED) is 0.835. The third kappa shape index (κ3) is 4.21. The Morgan fingerprint density at radius 2 is 2.45 bits per heavy atom. The zero-order valence-electron chi connectivity index (χ0n) is 12.1. The van der Waals surface area contributed by atoms with Crippen LogP contribution in [0.3, 0.4) is 0 Å². The van der Waals surface area contributed by atoms with Crippen molar-refractivity contribution in [2.75, 3.05) is 26.0 Å². The number of aromatic nitrogens is 1. The van der Waals surface area contributed by atoms with E-state index >= 15 is 0 Å². The summed E-state index contributed by atoms with van der Waals surface area (Å²) in [4.78, 5) is 18.2. The molecule has 1 aromatic heterocycles. The monoisotopic (exact) mass is 294 g/mol. The molecule has 2 heterocycles. The molecule has 1 saturated heterocycles. The first-order chi connectivity index (χ1) is 9.70. The summed E-state index contributed by atoms with van der Waals surface area (Å²) in [6.45, 7) is 3.77. The number of pyridine rings is 1. The van der Waals surface area contributed by atoms with Crippen molar-refractivity contribution in [2.45, 2.75) is 25.2 Å². The zero-order chi connectivity index (χ0) is 14.4. The van der Waals surface area contributed by atoms with Crippen molar-refractivity contribution in [1.29, 1.82) is 0 Å². The molecular weight excluding hydrogens is 272 g/mol. The van der Waals surface area contributed by atoms with Crippen LogP contribution in [0.15, 0.2) is 24.5 Å². The summed E-state index contributed by atoms with van der Waals surface area (Å²) in [5.74, 6) is 2.11. The predicted molar refractivity (Wildman–Crippen MR) is 81.6 cm³/mol. The van der Waals surface area contributed by atoms with Crippen LogP contribution < -0.4 is 0 Å². The summed E-state index contributed by atoms with van der Waals surface area (Å²) < 4.78 is 5.45. The van der Waals surface area contributed by atoms with Gasteiger partial charge in [0.25, 0.3) is 0 Å². The van der Waals surface area contributed by atoms with Crippen molar-refractivity contribution in [3.8, 4) is 0 Å². The van der Waals surface area contributed by atoms with E-state index in [0.717, 1.165) is 30.8 Å². The molecule has 0 radical (unpaired) electrons. The van der Waals surface area contributed by atoms with Crippen LogP contribution in [0.5, 0.6) is 0 Å². The third-order valence-corrected chi connectivity index (χ3v) is 4.75. The van der Waals surface area contributed by atoms with Gasteiger partial charge in [0.2, 0.25) is 5.91 Å². The van der Waals surface area contributed by atoms with E-state index in [9.17, 15) is 4.79 Å². The number of ether oxygens (including phenoxy) is 1. The van der Waals surface area contributed by atoms with E-state index in [1.165, 1.54) is 0 Å². The number of carbonyl (C=O) groups excluding carboxylic acids is 1. The van der Waals surface area contributed by atoms with E-state index in [2.05, 4.69) is 11.9 Å². The lowest BCUT2D eigenvalue weighted by molar-refractivity contribution is -0.133. The highest BCUT2D eigenvalue weighted by Gasteiger charge is 2.28. The van der Waals surface area contributed by atoms with E-state index in [1.807, 2.05) is 23.2 Å². The molecule has 0 N–H and O–H groups in total. The van der Waals surface area contributed by atoms with Crippen LogP contribution in [-0.2, 0) is 15.3 Å². The van der Waals surface area contributed by atoms with Gasteiger partial charge in [-0.05, 0) is 24.0 Å². The number of piperidine rings is 1. The Balaban J connectivity index is 1.75. The molecular formula is C15H22N2O2S. The lowest BCUT2D eigenvalue weighted by Gasteiger charge is -2.36. The molecule has 1 aliphatic heterocycles. The average Bonchev–Trinajstić information content (AvgIpc) is 2.48. The Morgan fingerprint density at radius 1 is 1.60 bits per heavy atom. The molecule has 0 bridgehead atoms. The van der Waals surface area contributed by atoms with Gasteiger partial charge in [0.15, 0.2) is 0 Å². The number of rotatable bonds is 5. The van der Waals surface area contributed by atoms with Crippen molar-refractivity contribution < 1.29 is 9.53 Å². The molecule has 0 aromatic carbocycles. The van der Waals surface area contributed by atoms with Crippen LogP contribution >= 0.6 is 11.8 Å². The van der Waals surface area contributed by atoms with Gasteiger partial charge in [-0.1, -0.05) is 13.0 Å². The van der Waals surface area contributed by atoms with Crippen LogP contribution in [0.1, 0.15) is 18.9 Å².